The first-order valence-electron chi connectivity index (χ1n) is 8.05. The highest BCUT2D eigenvalue weighted by molar-refractivity contribution is 7.10. The fraction of sp³-hybridized carbons (Fsp3) is 0.688. The summed E-state index contributed by atoms with van der Waals surface area (Å²) in [6.07, 6.45) is 2.82. The molecule has 2 N–H and O–H groups in total. The van der Waals surface area contributed by atoms with Gasteiger partial charge in [0.05, 0.1) is 31.8 Å². The normalized spacial score (nSPS) is 30.1. The molecule has 1 aromatic heterocycles. The van der Waals surface area contributed by atoms with E-state index in [-0.39, 0.29) is 18.0 Å². The first-order valence-corrected chi connectivity index (χ1v) is 8.93. The molecule has 3 atom stereocenters. The Morgan fingerprint density at radius 1 is 1.41 bits per heavy atom. The second-order valence-corrected chi connectivity index (χ2v) is 7.10. The van der Waals surface area contributed by atoms with Gasteiger partial charge in [-0.25, -0.2) is 0 Å². The minimum atomic E-state index is -0.487. The van der Waals surface area contributed by atoms with Crippen LogP contribution in [0.15, 0.2) is 17.5 Å². The maximum Gasteiger partial charge on any atom is 0.225 e. The zero-order chi connectivity index (χ0) is 15.4. The summed E-state index contributed by atoms with van der Waals surface area (Å²) in [6, 6.07) is 3.94. The van der Waals surface area contributed by atoms with Crippen LogP contribution in [0.5, 0.6) is 0 Å². The third-order valence-corrected chi connectivity index (χ3v) is 5.47. The van der Waals surface area contributed by atoms with Gasteiger partial charge in [0.2, 0.25) is 5.91 Å². The van der Waals surface area contributed by atoms with E-state index in [1.165, 1.54) is 0 Å². The second-order valence-electron chi connectivity index (χ2n) is 6.07. The van der Waals surface area contributed by atoms with Crippen LogP contribution in [0, 0.1) is 0 Å². The highest BCUT2D eigenvalue weighted by atomic mass is 32.1. The van der Waals surface area contributed by atoms with E-state index in [4.69, 9.17) is 4.74 Å². The van der Waals surface area contributed by atoms with E-state index in [0.29, 0.717) is 6.42 Å². The van der Waals surface area contributed by atoms with Crippen LogP contribution in [0.3, 0.4) is 0 Å². The fourth-order valence-corrected chi connectivity index (χ4v) is 4.15. The van der Waals surface area contributed by atoms with Crippen LogP contribution in [0.1, 0.15) is 24.1 Å². The molecule has 2 aliphatic rings. The average Bonchev–Trinajstić information content (AvgIpc) is 3.03. The quantitative estimate of drug-likeness (QED) is 0.868. The van der Waals surface area contributed by atoms with Crippen LogP contribution in [0.2, 0.25) is 0 Å². The van der Waals surface area contributed by atoms with Gasteiger partial charge < -0.3 is 15.2 Å². The highest BCUT2D eigenvalue weighted by Gasteiger charge is 2.36. The molecule has 1 aromatic rings. The minimum absolute atomic E-state index is 0.00845. The molecule has 122 valence electrons. The first-order chi connectivity index (χ1) is 10.7. The highest BCUT2D eigenvalue weighted by Crippen LogP contribution is 2.24. The zero-order valence-electron chi connectivity index (χ0n) is 12.7. The van der Waals surface area contributed by atoms with Crippen molar-refractivity contribution in [2.45, 2.75) is 43.9 Å². The number of ether oxygens (including phenoxy) is 1. The van der Waals surface area contributed by atoms with Crippen LogP contribution in [0.4, 0.5) is 0 Å². The lowest BCUT2D eigenvalue weighted by Crippen LogP contribution is -2.58. The summed E-state index contributed by atoms with van der Waals surface area (Å²) in [5.41, 5.74) is 0. The van der Waals surface area contributed by atoms with Gasteiger partial charge >= 0.3 is 0 Å². The second kappa shape index (κ2) is 7.55. The molecule has 0 radical (unpaired) electrons. The maximum absolute atomic E-state index is 12.2. The number of hydrogen-bond acceptors (Lipinski definition) is 5. The molecule has 1 saturated heterocycles. The first kappa shape index (κ1) is 15.9. The SMILES string of the molecule is O=C(Cc1cccs1)N[C@@H]1CCC[C@@H](N2CCOCC2)[C@@H]1O. The van der Waals surface area contributed by atoms with Crippen molar-refractivity contribution in [1.82, 2.24) is 10.2 Å². The van der Waals surface area contributed by atoms with Crippen molar-refractivity contribution in [3.63, 3.8) is 0 Å². The molecule has 2 heterocycles. The molecule has 1 aliphatic carbocycles. The van der Waals surface area contributed by atoms with Crippen molar-refractivity contribution < 1.29 is 14.6 Å². The molecule has 0 aromatic carbocycles. The van der Waals surface area contributed by atoms with Crippen LogP contribution in [-0.4, -0.2) is 60.4 Å². The maximum atomic E-state index is 12.2. The van der Waals surface area contributed by atoms with Gasteiger partial charge in [0.15, 0.2) is 0 Å². The largest absolute Gasteiger partial charge is 0.389 e. The third kappa shape index (κ3) is 3.87. The number of nitrogens with one attached hydrogen (secondary N) is 1. The Hall–Kier alpha value is -0.950. The van der Waals surface area contributed by atoms with E-state index < -0.39 is 6.10 Å². The van der Waals surface area contributed by atoms with Gasteiger partial charge in [-0.1, -0.05) is 6.07 Å². The van der Waals surface area contributed by atoms with Crippen molar-refractivity contribution in [2.24, 2.45) is 0 Å². The molecular formula is C16H24N2O3S. The van der Waals surface area contributed by atoms with Gasteiger partial charge in [-0.05, 0) is 30.7 Å². The number of aliphatic hydroxyl groups is 1. The number of morpholine rings is 1. The number of amides is 1. The number of carbonyl (C=O) groups excluding carboxylic acids is 1. The van der Waals surface area contributed by atoms with Crippen molar-refractivity contribution >= 4 is 17.2 Å². The smallest absolute Gasteiger partial charge is 0.225 e. The fourth-order valence-electron chi connectivity index (χ4n) is 3.45. The molecule has 0 unspecified atom stereocenters. The number of thiophene rings is 1. The Morgan fingerprint density at radius 3 is 2.95 bits per heavy atom. The molecule has 1 amide bonds. The number of carbonyl (C=O) groups is 1. The molecular weight excluding hydrogens is 300 g/mol. The molecule has 6 heteroatoms. The van der Waals surface area contributed by atoms with Crippen molar-refractivity contribution in [3.05, 3.63) is 22.4 Å². The minimum Gasteiger partial charge on any atom is -0.389 e. The van der Waals surface area contributed by atoms with Crippen LogP contribution < -0.4 is 5.32 Å². The van der Waals surface area contributed by atoms with E-state index in [1.54, 1.807) is 11.3 Å². The molecule has 0 bridgehead atoms. The summed E-state index contributed by atoms with van der Waals surface area (Å²) < 4.78 is 5.38. The van der Waals surface area contributed by atoms with E-state index in [9.17, 15) is 9.90 Å². The van der Waals surface area contributed by atoms with E-state index in [1.807, 2.05) is 17.5 Å². The lowest BCUT2D eigenvalue weighted by molar-refractivity contribution is -0.123. The Morgan fingerprint density at radius 2 is 2.23 bits per heavy atom. The lowest BCUT2D eigenvalue weighted by Gasteiger charge is -2.43. The number of aliphatic hydroxyl groups excluding tert-OH is 1. The summed E-state index contributed by atoms with van der Waals surface area (Å²) in [7, 11) is 0. The van der Waals surface area contributed by atoms with Crippen LogP contribution in [-0.2, 0) is 16.0 Å². The van der Waals surface area contributed by atoms with Crippen LogP contribution in [0.25, 0.3) is 0 Å². The van der Waals surface area contributed by atoms with E-state index in [0.717, 1.165) is 50.4 Å². The molecule has 22 heavy (non-hydrogen) atoms. The van der Waals surface area contributed by atoms with E-state index >= 15 is 0 Å². The Balaban J connectivity index is 1.55. The standard InChI is InChI=1S/C16H24N2O3S/c19-15(11-12-3-2-10-22-12)17-13-4-1-5-14(16(13)20)18-6-8-21-9-7-18/h2-3,10,13-14,16,20H,1,4-9,11H2,(H,17,19)/t13-,14-,16-/m1/s1. The number of hydrogen-bond donors (Lipinski definition) is 2. The molecule has 1 aliphatic heterocycles. The third-order valence-electron chi connectivity index (χ3n) is 4.60. The topological polar surface area (TPSA) is 61.8 Å². The van der Waals surface area contributed by atoms with Crippen LogP contribution >= 0.6 is 11.3 Å². The van der Waals surface area contributed by atoms with Gasteiger partial charge in [-0.3, -0.25) is 9.69 Å². The Kier molecular flexibility index (Phi) is 5.46. The molecule has 5 nitrogen and oxygen atoms in total. The number of rotatable bonds is 4. The average molecular weight is 324 g/mol. The summed E-state index contributed by atoms with van der Waals surface area (Å²) in [4.78, 5) is 15.5. The van der Waals surface area contributed by atoms with Gasteiger partial charge in [0, 0.05) is 24.0 Å². The summed E-state index contributed by atoms with van der Waals surface area (Å²) in [6.45, 7) is 3.21. The van der Waals surface area contributed by atoms with E-state index in [2.05, 4.69) is 10.2 Å². The zero-order valence-corrected chi connectivity index (χ0v) is 13.6. The van der Waals surface area contributed by atoms with Crippen molar-refractivity contribution in [2.75, 3.05) is 26.3 Å². The van der Waals surface area contributed by atoms with Gasteiger partial charge in [0.25, 0.3) is 0 Å². The van der Waals surface area contributed by atoms with Gasteiger partial charge in [-0.15, -0.1) is 11.3 Å². The summed E-state index contributed by atoms with van der Waals surface area (Å²) in [5, 5.41) is 15.7. The number of nitrogens with zero attached hydrogens (tertiary/aromatic N) is 1. The predicted octanol–water partition coefficient (Wildman–Crippen LogP) is 1.02. The lowest BCUT2D eigenvalue weighted by atomic mass is 9.86. The summed E-state index contributed by atoms with van der Waals surface area (Å²) >= 11 is 1.59. The molecule has 2 fully saturated rings. The van der Waals surface area contributed by atoms with Gasteiger partial charge in [-0.2, -0.15) is 0 Å². The Bertz CT molecular complexity index is 474. The monoisotopic (exact) mass is 324 g/mol. The molecule has 1 saturated carbocycles. The predicted molar refractivity (Wildman–Crippen MR) is 86.0 cm³/mol. The molecule has 0 spiro atoms. The van der Waals surface area contributed by atoms with Gasteiger partial charge in [0.1, 0.15) is 0 Å². The summed E-state index contributed by atoms with van der Waals surface area (Å²) in [5.74, 6) is 0.00845. The van der Waals surface area contributed by atoms with Crippen molar-refractivity contribution in [1.29, 1.82) is 0 Å². The van der Waals surface area contributed by atoms with Crippen molar-refractivity contribution in [3.8, 4) is 0 Å². The Labute approximate surface area is 135 Å². The molecule has 3 rings (SSSR count).